The van der Waals surface area contributed by atoms with Crippen LogP contribution in [-0.2, 0) is 0 Å². The van der Waals surface area contributed by atoms with E-state index in [1.165, 1.54) is 37.1 Å². The van der Waals surface area contributed by atoms with Gasteiger partial charge in [0.25, 0.3) is 0 Å². The molecule has 1 saturated carbocycles. The van der Waals surface area contributed by atoms with Gasteiger partial charge in [-0.1, -0.05) is 12.0 Å². The molecule has 0 bridgehead atoms. The first-order valence-electron chi connectivity index (χ1n) is 13.8. The molecule has 7 rings (SSSR count). The number of halogens is 1. The Morgan fingerprint density at radius 2 is 2.00 bits per heavy atom. The van der Waals surface area contributed by atoms with Crippen molar-refractivity contribution in [1.82, 2.24) is 14.9 Å². The Kier molecular flexibility index (Phi) is 5.90. The Hall–Kier alpha value is -4.16. The number of aromatic nitrogens is 2. The number of hydrogen-bond donors (Lipinski definition) is 1. The Labute approximate surface area is 230 Å². The third-order valence-electron chi connectivity index (χ3n) is 8.39. The van der Waals surface area contributed by atoms with Crippen LogP contribution in [0.4, 0.5) is 10.2 Å². The van der Waals surface area contributed by atoms with Gasteiger partial charge in [-0.15, -0.1) is 6.42 Å². The lowest BCUT2D eigenvalue weighted by Gasteiger charge is -2.32. The molecule has 2 aromatic heterocycles. The molecule has 40 heavy (non-hydrogen) atoms. The van der Waals surface area contributed by atoms with Crippen molar-refractivity contribution >= 4 is 27.5 Å². The van der Waals surface area contributed by atoms with Crippen molar-refractivity contribution in [3.05, 3.63) is 51.6 Å². The maximum atomic E-state index is 14.7. The number of nitrogens with zero attached hydrogens (tertiary/aromatic N) is 4. The highest BCUT2D eigenvalue weighted by atomic mass is 19.1. The molecule has 0 amide bonds. The third kappa shape index (κ3) is 4.14. The lowest BCUT2D eigenvalue weighted by Crippen LogP contribution is -2.38. The molecular formula is C31H29FN4O4. The van der Waals surface area contributed by atoms with Crippen LogP contribution in [0, 0.1) is 31.0 Å². The van der Waals surface area contributed by atoms with Gasteiger partial charge in [0, 0.05) is 48.1 Å². The fourth-order valence-electron chi connectivity index (χ4n) is 6.00. The molecule has 0 radical (unpaired) electrons. The molecule has 204 valence electrons. The van der Waals surface area contributed by atoms with Crippen molar-refractivity contribution < 1.29 is 18.7 Å². The Morgan fingerprint density at radius 3 is 2.73 bits per heavy atom. The normalized spacial score (nSPS) is 19.2. The first-order valence-corrected chi connectivity index (χ1v) is 13.8. The lowest BCUT2D eigenvalue weighted by molar-refractivity contribution is 0.225. The van der Waals surface area contributed by atoms with E-state index in [9.17, 15) is 14.3 Å². The first kappa shape index (κ1) is 24.9. The van der Waals surface area contributed by atoms with Crippen LogP contribution in [-0.4, -0.2) is 58.8 Å². The van der Waals surface area contributed by atoms with E-state index in [2.05, 4.69) is 15.8 Å². The van der Waals surface area contributed by atoms with Crippen molar-refractivity contribution in [1.29, 1.82) is 0 Å². The summed E-state index contributed by atoms with van der Waals surface area (Å²) in [5, 5.41) is 11.7. The fourth-order valence-corrected chi connectivity index (χ4v) is 6.00. The topological polar surface area (TPSA) is 91.9 Å². The van der Waals surface area contributed by atoms with Crippen molar-refractivity contribution in [2.24, 2.45) is 5.92 Å². The van der Waals surface area contributed by atoms with Gasteiger partial charge in [0.1, 0.15) is 22.7 Å². The second-order valence-electron chi connectivity index (χ2n) is 11.1. The summed E-state index contributed by atoms with van der Waals surface area (Å²) < 4.78 is 26.8. The highest BCUT2D eigenvalue weighted by molar-refractivity contribution is 6.03. The summed E-state index contributed by atoms with van der Waals surface area (Å²) in [7, 11) is 0. The van der Waals surface area contributed by atoms with Crippen LogP contribution < -0.4 is 15.3 Å². The van der Waals surface area contributed by atoms with E-state index in [1.54, 1.807) is 6.92 Å². The summed E-state index contributed by atoms with van der Waals surface area (Å²) in [5.41, 5.74) is 0.675. The Morgan fingerprint density at radius 1 is 1.18 bits per heavy atom. The minimum absolute atomic E-state index is 0.0272. The van der Waals surface area contributed by atoms with Gasteiger partial charge in [-0.3, -0.25) is 4.90 Å². The van der Waals surface area contributed by atoms with Crippen LogP contribution in [0.1, 0.15) is 36.8 Å². The van der Waals surface area contributed by atoms with Crippen molar-refractivity contribution in [2.45, 2.75) is 38.6 Å². The Bertz CT molecular complexity index is 1770. The quantitative estimate of drug-likeness (QED) is 0.355. The lowest BCUT2D eigenvalue weighted by atomic mass is 9.95. The number of aromatic hydroxyl groups is 1. The SMILES string of the molecule is C#Cc1c(F)ccc2cc(O)cc(-c3oc(=O)c4c(N5CCC5)nc(OCC5CCN(C6CC6)C5)nc4c3C)c12. The summed E-state index contributed by atoms with van der Waals surface area (Å²) in [6, 6.07) is 6.67. The molecule has 1 unspecified atom stereocenters. The molecule has 1 atom stereocenters. The number of aryl methyl sites for hydroxylation is 1. The number of phenols is 1. The van der Waals surface area contributed by atoms with E-state index in [0.717, 1.165) is 45.1 Å². The van der Waals surface area contributed by atoms with Gasteiger partial charge in [0.2, 0.25) is 0 Å². The molecule has 3 aliphatic rings. The van der Waals surface area contributed by atoms with E-state index in [-0.39, 0.29) is 28.5 Å². The van der Waals surface area contributed by atoms with Gasteiger partial charge in [0.15, 0.2) is 5.82 Å². The minimum atomic E-state index is -0.616. The highest BCUT2D eigenvalue weighted by Crippen LogP contribution is 2.39. The van der Waals surface area contributed by atoms with E-state index >= 15 is 0 Å². The predicted octanol–water partition coefficient (Wildman–Crippen LogP) is 4.61. The van der Waals surface area contributed by atoms with Gasteiger partial charge in [-0.05, 0) is 62.7 Å². The van der Waals surface area contributed by atoms with E-state index in [0.29, 0.717) is 45.8 Å². The number of benzene rings is 2. The summed E-state index contributed by atoms with van der Waals surface area (Å²) in [6.07, 6.45) is 10.3. The molecule has 1 aliphatic carbocycles. The maximum Gasteiger partial charge on any atom is 0.349 e. The Balaban J connectivity index is 1.36. The zero-order valence-electron chi connectivity index (χ0n) is 22.2. The summed E-state index contributed by atoms with van der Waals surface area (Å²) in [6.45, 7) is 5.94. The number of ether oxygens (including phenoxy) is 1. The van der Waals surface area contributed by atoms with Gasteiger partial charge in [-0.2, -0.15) is 9.97 Å². The molecule has 4 heterocycles. The maximum absolute atomic E-state index is 14.7. The third-order valence-corrected chi connectivity index (χ3v) is 8.39. The number of hydrogen-bond acceptors (Lipinski definition) is 8. The van der Waals surface area contributed by atoms with Crippen LogP contribution in [0.3, 0.4) is 0 Å². The molecule has 2 aromatic carbocycles. The zero-order valence-corrected chi connectivity index (χ0v) is 22.2. The summed E-state index contributed by atoms with van der Waals surface area (Å²) in [5.74, 6) is 2.83. The molecule has 8 nitrogen and oxygen atoms in total. The second kappa shape index (κ2) is 9.49. The predicted molar refractivity (Wildman–Crippen MR) is 150 cm³/mol. The zero-order chi connectivity index (χ0) is 27.5. The molecule has 2 saturated heterocycles. The molecule has 9 heteroatoms. The fraction of sp³-hybridized carbons (Fsp3) is 0.387. The summed E-state index contributed by atoms with van der Waals surface area (Å²) in [4.78, 5) is 27.4. The molecule has 2 aliphatic heterocycles. The molecule has 3 fully saturated rings. The molecule has 1 N–H and O–H groups in total. The van der Waals surface area contributed by atoms with Gasteiger partial charge >= 0.3 is 11.6 Å². The van der Waals surface area contributed by atoms with Crippen molar-refractivity contribution in [3.63, 3.8) is 0 Å². The van der Waals surface area contributed by atoms with Crippen LogP contribution in [0.15, 0.2) is 33.5 Å². The van der Waals surface area contributed by atoms with Gasteiger partial charge < -0.3 is 19.2 Å². The highest BCUT2D eigenvalue weighted by Gasteiger charge is 2.35. The average Bonchev–Trinajstić information content (AvgIpc) is 3.65. The number of anilines is 1. The monoisotopic (exact) mass is 540 g/mol. The minimum Gasteiger partial charge on any atom is -0.508 e. The smallest absolute Gasteiger partial charge is 0.349 e. The number of phenolic OH excluding ortho intramolecular Hbond substituents is 1. The first-order chi connectivity index (χ1) is 19.4. The van der Waals surface area contributed by atoms with Gasteiger partial charge in [0.05, 0.1) is 17.7 Å². The second-order valence-corrected chi connectivity index (χ2v) is 11.1. The number of terminal acetylenes is 1. The summed E-state index contributed by atoms with van der Waals surface area (Å²) >= 11 is 0. The van der Waals surface area contributed by atoms with Crippen molar-refractivity contribution in [3.8, 4) is 35.4 Å². The molecule has 0 spiro atoms. The molecule has 4 aromatic rings. The van der Waals surface area contributed by atoms with Crippen molar-refractivity contribution in [2.75, 3.05) is 37.7 Å². The number of likely N-dealkylation sites (tertiary alicyclic amines) is 1. The standard InChI is InChI=1S/C31H29FN4O4/c1-3-22-24(32)8-5-19-13-21(37)14-23(25(19)22)28-17(2)27-26(30(38)40-28)29(35-10-4-11-35)34-31(33-27)39-16-18-9-12-36(15-18)20-6-7-20/h1,5,8,13-14,18,20,37H,4,6-7,9-12,15-16H2,2H3. The number of fused-ring (bicyclic) bond motifs is 2. The van der Waals surface area contributed by atoms with Crippen LogP contribution >= 0.6 is 0 Å². The molecular weight excluding hydrogens is 511 g/mol. The van der Waals surface area contributed by atoms with E-state index < -0.39 is 11.4 Å². The van der Waals surface area contributed by atoms with E-state index in [4.69, 9.17) is 20.6 Å². The largest absolute Gasteiger partial charge is 0.508 e. The van der Waals surface area contributed by atoms with Gasteiger partial charge in [-0.25, -0.2) is 9.18 Å². The van der Waals surface area contributed by atoms with Crippen LogP contribution in [0.2, 0.25) is 0 Å². The van der Waals surface area contributed by atoms with E-state index in [1.807, 2.05) is 4.90 Å². The number of rotatable bonds is 6. The van der Waals surface area contributed by atoms with Crippen LogP contribution in [0.5, 0.6) is 11.8 Å². The average molecular weight is 541 g/mol. The van der Waals surface area contributed by atoms with Crippen LogP contribution in [0.25, 0.3) is 33.0 Å².